The Morgan fingerprint density at radius 1 is 0.591 bits per heavy atom. The summed E-state index contributed by atoms with van der Waals surface area (Å²) in [7, 11) is 0. The lowest BCUT2D eigenvalue weighted by atomic mass is 10.1. The molecule has 0 amide bonds. The number of nitrogens with zero attached hydrogens (tertiary/aromatic N) is 2. The van der Waals surface area contributed by atoms with Crippen molar-refractivity contribution in [2.24, 2.45) is 0 Å². The van der Waals surface area contributed by atoms with Gasteiger partial charge in [0.2, 0.25) is 0 Å². The molecule has 0 aromatic heterocycles. The summed E-state index contributed by atoms with van der Waals surface area (Å²) in [5.74, 6) is 0. The van der Waals surface area contributed by atoms with E-state index in [-0.39, 0.29) is 0 Å². The van der Waals surface area contributed by atoms with E-state index in [1.54, 1.807) is 0 Å². The van der Waals surface area contributed by atoms with Crippen molar-refractivity contribution in [2.75, 3.05) is 13.1 Å². The SMILES string of the molecule is CCCCCCCCCCCCCN1C=CN(CCC)C1C. The van der Waals surface area contributed by atoms with E-state index < -0.39 is 0 Å². The molecule has 130 valence electrons. The Bertz CT molecular complexity index is 275. The Balaban J connectivity index is 1.87. The maximum atomic E-state index is 2.50. The van der Waals surface area contributed by atoms with Crippen molar-refractivity contribution < 1.29 is 0 Å². The van der Waals surface area contributed by atoms with E-state index in [9.17, 15) is 0 Å². The molecule has 0 radical (unpaired) electrons. The molecule has 0 fully saturated rings. The zero-order valence-corrected chi connectivity index (χ0v) is 15.5. The number of hydrogen-bond acceptors (Lipinski definition) is 2. The Hall–Kier alpha value is -0.660. The van der Waals surface area contributed by atoms with Crippen molar-refractivity contribution in [2.45, 2.75) is 104 Å². The fraction of sp³-hybridized carbons (Fsp3) is 0.900. The standard InChI is InChI=1S/C20H40N2/c1-4-6-7-8-9-10-11-12-13-14-15-17-22-19-18-21(16-5-2)20(22)3/h18-20H,4-17H2,1-3H3. The van der Waals surface area contributed by atoms with Crippen LogP contribution in [0.5, 0.6) is 0 Å². The average molecular weight is 309 g/mol. The van der Waals surface area contributed by atoms with Crippen LogP contribution in [0.1, 0.15) is 97.8 Å². The van der Waals surface area contributed by atoms with Crippen LogP contribution in [0.3, 0.4) is 0 Å². The van der Waals surface area contributed by atoms with Crippen LogP contribution in [0.2, 0.25) is 0 Å². The molecule has 0 aromatic carbocycles. The molecule has 1 unspecified atom stereocenters. The lowest BCUT2D eigenvalue weighted by Gasteiger charge is -2.29. The minimum Gasteiger partial charge on any atom is -0.356 e. The molecule has 2 heteroatoms. The minimum atomic E-state index is 0.572. The Morgan fingerprint density at radius 3 is 1.55 bits per heavy atom. The smallest absolute Gasteiger partial charge is 0.0977 e. The first kappa shape index (κ1) is 19.4. The largest absolute Gasteiger partial charge is 0.356 e. The molecular weight excluding hydrogens is 268 g/mol. The second kappa shape index (κ2) is 12.8. The van der Waals surface area contributed by atoms with Gasteiger partial charge in [-0.15, -0.1) is 0 Å². The van der Waals surface area contributed by atoms with E-state index in [2.05, 4.69) is 43.0 Å². The second-order valence-corrected chi connectivity index (χ2v) is 6.94. The number of unbranched alkanes of at least 4 members (excludes halogenated alkanes) is 10. The van der Waals surface area contributed by atoms with Crippen LogP contribution in [-0.2, 0) is 0 Å². The van der Waals surface area contributed by atoms with E-state index in [4.69, 9.17) is 0 Å². The average Bonchev–Trinajstić information content (AvgIpc) is 2.86. The van der Waals surface area contributed by atoms with Crippen molar-refractivity contribution in [3.8, 4) is 0 Å². The molecule has 0 aromatic rings. The van der Waals surface area contributed by atoms with Crippen molar-refractivity contribution in [1.82, 2.24) is 9.80 Å². The minimum absolute atomic E-state index is 0.572. The number of rotatable bonds is 14. The van der Waals surface area contributed by atoms with Gasteiger partial charge in [-0.1, -0.05) is 78.1 Å². The van der Waals surface area contributed by atoms with Crippen LogP contribution < -0.4 is 0 Å². The first-order chi connectivity index (χ1) is 10.8. The molecule has 2 nitrogen and oxygen atoms in total. The van der Waals surface area contributed by atoms with Gasteiger partial charge < -0.3 is 9.80 Å². The Morgan fingerprint density at radius 2 is 1.05 bits per heavy atom. The summed E-state index contributed by atoms with van der Waals surface area (Å²) in [6, 6.07) is 0. The third-order valence-corrected chi connectivity index (χ3v) is 4.91. The molecule has 0 aliphatic carbocycles. The molecule has 1 atom stereocenters. The number of hydrogen-bond donors (Lipinski definition) is 0. The molecule has 0 spiro atoms. The third kappa shape index (κ3) is 8.10. The monoisotopic (exact) mass is 308 g/mol. The van der Waals surface area contributed by atoms with Crippen molar-refractivity contribution in [1.29, 1.82) is 0 Å². The molecule has 1 aliphatic heterocycles. The lowest BCUT2D eigenvalue weighted by molar-refractivity contribution is 0.168. The van der Waals surface area contributed by atoms with Gasteiger partial charge in [-0.2, -0.15) is 0 Å². The summed E-state index contributed by atoms with van der Waals surface area (Å²) in [5, 5.41) is 0. The predicted molar refractivity (Wildman–Crippen MR) is 98.8 cm³/mol. The summed E-state index contributed by atoms with van der Waals surface area (Å²) < 4.78 is 0. The van der Waals surface area contributed by atoms with Gasteiger partial charge in [0.25, 0.3) is 0 Å². The molecule has 1 heterocycles. The van der Waals surface area contributed by atoms with Crippen molar-refractivity contribution >= 4 is 0 Å². The van der Waals surface area contributed by atoms with E-state index >= 15 is 0 Å². The highest BCUT2D eigenvalue weighted by Crippen LogP contribution is 2.17. The third-order valence-electron chi connectivity index (χ3n) is 4.91. The Labute approximate surface area is 139 Å². The van der Waals surface area contributed by atoms with Gasteiger partial charge >= 0.3 is 0 Å². The first-order valence-corrected chi connectivity index (χ1v) is 9.99. The fourth-order valence-electron chi connectivity index (χ4n) is 3.35. The predicted octanol–water partition coefficient (Wildman–Crippen LogP) is 6.14. The Kier molecular flexibility index (Phi) is 11.3. The quantitative estimate of drug-likeness (QED) is 0.355. The molecule has 1 rings (SSSR count). The highest BCUT2D eigenvalue weighted by Gasteiger charge is 2.19. The summed E-state index contributed by atoms with van der Waals surface area (Å²) >= 11 is 0. The van der Waals surface area contributed by atoms with Crippen molar-refractivity contribution in [3.05, 3.63) is 12.4 Å². The van der Waals surface area contributed by atoms with Gasteiger partial charge in [0.15, 0.2) is 0 Å². The topological polar surface area (TPSA) is 6.48 Å². The maximum absolute atomic E-state index is 2.50. The van der Waals surface area contributed by atoms with Gasteiger partial charge in [-0.05, 0) is 19.8 Å². The summed E-state index contributed by atoms with van der Waals surface area (Å²) in [5.41, 5.74) is 0. The van der Waals surface area contributed by atoms with Gasteiger partial charge in [-0.3, -0.25) is 0 Å². The van der Waals surface area contributed by atoms with Gasteiger partial charge in [0.05, 0.1) is 6.17 Å². The summed E-state index contributed by atoms with van der Waals surface area (Å²) in [6.07, 6.45) is 22.1. The molecule has 0 saturated carbocycles. The van der Waals surface area contributed by atoms with Gasteiger partial charge in [-0.25, -0.2) is 0 Å². The van der Waals surface area contributed by atoms with Crippen LogP contribution in [0, 0.1) is 0 Å². The summed E-state index contributed by atoms with van der Waals surface area (Å²) in [6.45, 7) is 9.29. The summed E-state index contributed by atoms with van der Waals surface area (Å²) in [4.78, 5) is 4.96. The second-order valence-electron chi connectivity index (χ2n) is 6.94. The molecule has 0 saturated heterocycles. The molecule has 0 bridgehead atoms. The lowest BCUT2D eigenvalue weighted by Crippen LogP contribution is -2.36. The molecule has 22 heavy (non-hydrogen) atoms. The van der Waals surface area contributed by atoms with E-state index in [1.165, 1.54) is 90.1 Å². The van der Waals surface area contributed by atoms with Crippen LogP contribution in [0.25, 0.3) is 0 Å². The zero-order valence-electron chi connectivity index (χ0n) is 15.5. The zero-order chi connectivity index (χ0) is 16.0. The molecular formula is C20H40N2. The van der Waals surface area contributed by atoms with Crippen LogP contribution >= 0.6 is 0 Å². The molecule has 0 N–H and O–H groups in total. The normalized spacial score (nSPS) is 17.7. The van der Waals surface area contributed by atoms with Crippen molar-refractivity contribution in [3.63, 3.8) is 0 Å². The maximum Gasteiger partial charge on any atom is 0.0977 e. The van der Waals surface area contributed by atoms with E-state index in [0.29, 0.717) is 6.17 Å². The molecule has 1 aliphatic rings. The van der Waals surface area contributed by atoms with Crippen LogP contribution in [-0.4, -0.2) is 29.1 Å². The van der Waals surface area contributed by atoms with Crippen LogP contribution in [0.4, 0.5) is 0 Å². The van der Waals surface area contributed by atoms with E-state index in [1.807, 2.05) is 0 Å². The van der Waals surface area contributed by atoms with E-state index in [0.717, 1.165) is 0 Å². The van der Waals surface area contributed by atoms with Gasteiger partial charge in [0.1, 0.15) is 0 Å². The van der Waals surface area contributed by atoms with Gasteiger partial charge in [0, 0.05) is 25.5 Å². The highest BCUT2D eigenvalue weighted by atomic mass is 15.4. The van der Waals surface area contributed by atoms with Crippen LogP contribution in [0.15, 0.2) is 12.4 Å². The highest BCUT2D eigenvalue weighted by molar-refractivity contribution is 4.94. The fourth-order valence-corrected chi connectivity index (χ4v) is 3.35. The first-order valence-electron chi connectivity index (χ1n) is 9.99.